The molecule has 3 rings (SSSR count). The molecule has 1 saturated heterocycles. The molecule has 1 aliphatic heterocycles. The molecule has 1 N–H and O–H groups in total. The summed E-state index contributed by atoms with van der Waals surface area (Å²) in [5, 5.41) is 8.48. The number of nitrogens with one attached hydrogen (secondary N) is 1. The molecule has 1 atom stereocenters. The first-order valence-electron chi connectivity index (χ1n) is 9.92. The second kappa shape index (κ2) is 9.77. The first-order valence-corrected chi connectivity index (χ1v) is 10.7. The Labute approximate surface area is 177 Å². The van der Waals surface area contributed by atoms with Gasteiger partial charge in [-0.2, -0.15) is 5.10 Å². The van der Waals surface area contributed by atoms with Gasteiger partial charge in [-0.25, -0.2) is 4.68 Å². The van der Waals surface area contributed by atoms with Crippen molar-refractivity contribution in [2.24, 2.45) is 5.92 Å². The Hall–Kier alpha value is -1.56. The normalized spacial score (nSPS) is 16.1. The Kier molecular flexibility index (Phi) is 7.38. The quantitative estimate of drug-likeness (QED) is 0.718. The molecule has 0 spiro atoms. The highest BCUT2D eigenvalue weighted by atomic mass is 35.5. The maximum atomic E-state index is 12.7. The monoisotopic (exact) mass is 422 g/mol. The number of carbonyl (C=O) groups excluding carboxylic acids is 1. The molecule has 1 aromatic heterocycles. The number of rotatable bonds is 7. The van der Waals surface area contributed by atoms with Crippen LogP contribution in [0.3, 0.4) is 0 Å². The van der Waals surface area contributed by atoms with E-state index >= 15 is 0 Å². The third-order valence-electron chi connectivity index (χ3n) is 5.20. The zero-order chi connectivity index (χ0) is 20.1. The van der Waals surface area contributed by atoms with E-state index < -0.39 is 0 Å². The molecule has 28 heavy (non-hydrogen) atoms. The van der Waals surface area contributed by atoms with Crippen molar-refractivity contribution < 1.29 is 4.79 Å². The van der Waals surface area contributed by atoms with Gasteiger partial charge >= 0.3 is 0 Å². The van der Waals surface area contributed by atoms with Gasteiger partial charge in [-0.3, -0.25) is 4.79 Å². The topological polar surface area (TPSA) is 50.2 Å². The number of hydrogen-bond donors (Lipinski definition) is 1. The molecule has 1 aliphatic rings. The van der Waals surface area contributed by atoms with Crippen LogP contribution >= 0.6 is 23.2 Å². The van der Waals surface area contributed by atoms with Gasteiger partial charge in [0.05, 0.1) is 17.8 Å². The van der Waals surface area contributed by atoms with Crippen LogP contribution < -0.4 is 5.32 Å². The minimum absolute atomic E-state index is 0.168. The summed E-state index contributed by atoms with van der Waals surface area (Å²) in [6.07, 6.45) is 3.88. The number of hydrogen-bond acceptors (Lipinski definition) is 3. The summed E-state index contributed by atoms with van der Waals surface area (Å²) in [6, 6.07) is 7.56. The van der Waals surface area contributed by atoms with Crippen molar-refractivity contribution in [1.29, 1.82) is 0 Å². The van der Waals surface area contributed by atoms with Crippen molar-refractivity contribution in [3.05, 3.63) is 51.3 Å². The summed E-state index contributed by atoms with van der Waals surface area (Å²) >= 11 is 12.7. The first-order chi connectivity index (χ1) is 13.5. The summed E-state index contributed by atoms with van der Waals surface area (Å²) in [7, 11) is 0. The number of carbonyl (C=O) groups is 1. The molecule has 1 aromatic carbocycles. The van der Waals surface area contributed by atoms with Gasteiger partial charge in [0, 0.05) is 18.1 Å². The minimum Gasteiger partial charge on any atom is -0.352 e. The predicted octanol–water partition coefficient (Wildman–Crippen LogP) is 4.40. The van der Waals surface area contributed by atoms with Crippen molar-refractivity contribution in [2.45, 2.75) is 39.7 Å². The van der Waals surface area contributed by atoms with Gasteiger partial charge in [-0.1, -0.05) is 54.7 Å². The number of nitrogens with zero attached hydrogens (tertiary/aromatic N) is 3. The van der Waals surface area contributed by atoms with Crippen LogP contribution in [-0.4, -0.2) is 46.8 Å². The van der Waals surface area contributed by atoms with Gasteiger partial charge in [-0.05, 0) is 50.4 Å². The van der Waals surface area contributed by atoms with E-state index in [1.165, 1.54) is 19.3 Å². The Bertz CT molecular complexity index is 815. The van der Waals surface area contributed by atoms with E-state index in [1.54, 1.807) is 11.6 Å². The van der Waals surface area contributed by atoms with E-state index in [0.717, 1.165) is 25.2 Å². The number of benzene rings is 1. The third-order valence-corrected chi connectivity index (χ3v) is 5.95. The second-order valence-electron chi connectivity index (χ2n) is 7.68. The molecule has 7 heteroatoms. The lowest BCUT2D eigenvalue weighted by Gasteiger charge is -2.29. The Morgan fingerprint density at radius 3 is 2.64 bits per heavy atom. The van der Waals surface area contributed by atoms with Crippen LogP contribution in [0, 0.1) is 12.8 Å². The van der Waals surface area contributed by atoms with Crippen LogP contribution in [0.4, 0.5) is 0 Å². The molecule has 1 fully saturated rings. The average molecular weight is 423 g/mol. The molecule has 5 nitrogen and oxygen atoms in total. The van der Waals surface area contributed by atoms with Crippen LogP contribution in [-0.2, 0) is 6.54 Å². The highest BCUT2D eigenvalue weighted by molar-refractivity contribution is 6.33. The van der Waals surface area contributed by atoms with Crippen molar-refractivity contribution in [3.63, 3.8) is 0 Å². The highest BCUT2D eigenvalue weighted by Gasteiger charge is 2.21. The van der Waals surface area contributed by atoms with E-state index in [1.807, 2.05) is 24.3 Å². The Morgan fingerprint density at radius 1 is 1.21 bits per heavy atom. The largest absolute Gasteiger partial charge is 0.352 e. The lowest BCUT2D eigenvalue weighted by molar-refractivity contribution is 0.0942. The molecule has 0 saturated carbocycles. The predicted molar refractivity (Wildman–Crippen MR) is 114 cm³/mol. The van der Waals surface area contributed by atoms with Crippen LogP contribution in [0.5, 0.6) is 0 Å². The SMILES string of the molecule is Cc1nn(Cc2ccccc2Cl)c(Cl)c1C(=O)NCC(C)CN1CCCCC1. The molecule has 0 bridgehead atoms. The fourth-order valence-electron chi connectivity index (χ4n) is 3.71. The fourth-order valence-corrected chi connectivity index (χ4v) is 4.22. The lowest BCUT2D eigenvalue weighted by Crippen LogP contribution is -2.38. The summed E-state index contributed by atoms with van der Waals surface area (Å²) in [6.45, 7) is 8.37. The molecule has 0 aliphatic carbocycles. The third kappa shape index (κ3) is 5.28. The van der Waals surface area contributed by atoms with E-state index in [4.69, 9.17) is 23.2 Å². The molecular weight excluding hydrogens is 395 g/mol. The van der Waals surface area contributed by atoms with Crippen molar-refractivity contribution in [2.75, 3.05) is 26.2 Å². The van der Waals surface area contributed by atoms with Crippen LogP contribution in [0.15, 0.2) is 24.3 Å². The number of halogens is 2. The summed E-state index contributed by atoms with van der Waals surface area (Å²) in [4.78, 5) is 15.2. The second-order valence-corrected chi connectivity index (χ2v) is 8.44. The maximum absolute atomic E-state index is 12.7. The molecule has 1 unspecified atom stereocenters. The van der Waals surface area contributed by atoms with Gasteiger partial charge in [0.25, 0.3) is 5.91 Å². The highest BCUT2D eigenvalue weighted by Crippen LogP contribution is 2.23. The van der Waals surface area contributed by atoms with Gasteiger partial charge < -0.3 is 10.2 Å². The maximum Gasteiger partial charge on any atom is 0.256 e. The molecule has 0 radical (unpaired) electrons. The van der Waals surface area contributed by atoms with Crippen LogP contribution in [0.2, 0.25) is 10.2 Å². The van der Waals surface area contributed by atoms with Crippen molar-refractivity contribution >= 4 is 29.1 Å². The van der Waals surface area contributed by atoms with Gasteiger partial charge in [-0.15, -0.1) is 0 Å². The van der Waals surface area contributed by atoms with Crippen LogP contribution in [0.1, 0.15) is 47.8 Å². The lowest BCUT2D eigenvalue weighted by atomic mass is 10.1. The Morgan fingerprint density at radius 2 is 1.93 bits per heavy atom. The summed E-state index contributed by atoms with van der Waals surface area (Å²) in [5.41, 5.74) is 1.98. The fraction of sp³-hybridized carbons (Fsp3) is 0.524. The van der Waals surface area contributed by atoms with E-state index in [2.05, 4.69) is 22.2 Å². The van der Waals surface area contributed by atoms with Crippen LogP contribution in [0.25, 0.3) is 0 Å². The van der Waals surface area contributed by atoms with E-state index in [9.17, 15) is 4.79 Å². The zero-order valence-electron chi connectivity index (χ0n) is 16.5. The first kappa shape index (κ1) is 21.2. The average Bonchev–Trinajstić information content (AvgIpc) is 2.96. The standard InChI is InChI=1S/C21H28Cl2N4O/c1-15(13-26-10-6-3-7-11-26)12-24-21(28)19-16(2)25-27(20(19)23)14-17-8-4-5-9-18(17)22/h4-5,8-9,15H,3,6-7,10-14H2,1-2H3,(H,24,28). The molecule has 2 heterocycles. The number of piperidine rings is 1. The summed E-state index contributed by atoms with van der Waals surface area (Å²) < 4.78 is 1.63. The minimum atomic E-state index is -0.168. The number of aryl methyl sites for hydroxylation is 1. The van der Waals surface area contributed by atoms with Crippen molar-refractivity contribution in [3.8, 4) is 0 Å². The molecule has 2 aromatic rings. The van der Waals surface area contributed by atoms with E-state index in [-0.39, 0.29) is 5.91 Å². The molecule has 152 valence electrons. The van der Waals surface area contributed by atoms with Gasteiger partial charge in [0.15, 0.2) is 0 Å². The Balaban J connectivity index is 1.60. The number of amides is 1. The van der Waals surface area contributed by atoms with Gasteiger partial charge in [0.1, 0.15) is 5.15 Å². The molecule has 1 amide bonds. The summed E-state index contributed by atoms with van der Waals surface area (Å²) in [5.74, 6) is 0.220. The smallest absolute Gasteiger partial charge is 0.256 e. The molecular formula is C21H28Cl2N4O. The number of likely N-dealkylation sites (tertiary alicyclic amines) is 1. The number of aromatic nitrogens is 2. The van der Waals surface area contributed by atoms with E-state index in [0.29, 0.717) is 40.4 Å². The van der Waals surface area contributed by atoms with Crippen molar-refractivity contribution in [1.82, 2.24) is 20.0 Å². The zero-order valence-corrected chi connectivity index (χ0v) is 18.1. The van der Waals surface area contributed by atoms with Gasteiger partial charge in [0.2, 0.25) is 0 Å².